The highest BCUT2D eigenvalue weighted by atomic mass is 19.1. The minimum absolute atomic E-state index is 0.135. The number of nitrogens with zero attached hydrogens (tertiary/aromatic N) is 2. The molecular weight excluding hydrogens is 155 g/mol. The number of hydrogen-bond acceptors (Lipinski definition) is 0. The van der Waals surface area contributed by atoms with Crippen molar-refractivity contribution in [3.63, 3.8) is 0 Å². The summed E-state index contributed by atoms with van der Waals surface area (Å²) in [5, 5.41) is 0. The lowest BCUT2D eigenvalue weighted by atomic mass is 10.1. The van der Waals surface area contributed by atoms with Crippen LogP contribution in [0.5, 0.6) is 0 Å². The van der Waals surface area contributed by atoms with Crippen LogP contribution in [0.4, 0.5) is 4.39 Å². The third-order valence-corrected chi connectivity index (χ3v) is 3.90. The maximum atomic E-state index is 12.3. The van der Waals surface area contributed by atoms with E-state index < -0.39 is 0 Å². The predicted molar refractivity (Wildman–Crippen MR) is 46.5 cm³/mol. The Kier molecular flexibility index (Phi) is 1.88. The smallest absolute Gasteiger partial charge is 0.138 e. The van der Waals surface area contributed by atoms with Crippen molar-refractivity contribution in [3.05, 3.63) is 0 Å². The van der Waals surface area contributed by atoms with Crippen LogP contribution in [0.2, 0.25) is 0 Å². The monoisotopic (exact) mass is 174 g/mol. The molecule has 0 amide bonds. The van der Waals surface area contributed by atoms with Gasteiger partial charge in [-0.3, -0.25) is 0 Å². The van der Waals surface area contributed by atoms with Crippen LogP contribution in [-0.2, 0) is 0 Å². The molecule has 3 saturated heterocycles. The summed E-state index contributed by atoms with van der Waals surface area (Å²) in [4.78, 5) is 0. The van der Waals surface area contributed by atoms with E-state index in [1.54, 1.807) is 0 Å². The van der Waals surface area contributed by atoms with Gasteiger partial charge in [-0.2, -0.15) is 0 Å². The summed E-state index contributed by atoms with van der Waals surface area (Å²) in [6.45, 7) is 8.05. The molecule has 0 aliphatic carbocycles. The van der Waals surface area contributed by atoms with E-state index in [1.165, 1.54) is 43.8 Å². The van der Waals surface area contributed by atoms with Gasteiger partial charge in [0.25, 0.3) is 0 Å². The molecule has 70 valence electrons. The van der Waals surface area contributed by atoms with E-state index in [0.717, 1.165) is 11.0 Å². The molecule has 3 fully saturated rings. The highest BCUT2D eigenvalue weighted by Crippen LogP contribution is 2.23. The number of hydrogen-bond donors (Lipinski definition) is 0. The molecule has 3 heteroatoms. The summed E-state index contributed by atoms with van der Waals surface area (Å²) < 4.78 is 14.6. The van der Waals surface area contributed by atoms with Crippen molar-refractivity contribution in [2.24, 2.45) is 0 Å². The number of fused-ring (bicyclic) bond motifs is 3. The second-order valence-corrected chi connectivity index (χ2v) is 4.72. The lowest BCUT2D eigenvalue weighted by Gasteiger charge is -2.53. The Morgan fingerprint density at radius 1 is 1.00 bits per heavy atom. The summed E-state index contributed by atoms with van der Waals surface area (Å²) in [5.41, 5.74) is 0. The quantitative estimate of drug-likeness (QED) is 0.526. The van der Waals surface area contributed by atoms with Crippen molar-refractivity contribution in [2.75, 3.05) is 59.5 Å². The second-order valence-electron chi connectivity index (χ2n) is 4.72. The van der Waals surface area contributed by atoms with Crippen LogP contribution in [0.3, 0.4) is 0 Å². The molecule has 2 nitrogen and oxygen atoms in total. The zero-order chi connectivity index (χ0) is 8.66. The van der Waals surface area contributed by atoms with E-state index >= 15 is 0 Å². The first-order chi connectivity index (χ1) is 5.68. The lowest BCUT2D eigenvalue weighted by Crippen LogP contribution is -2.73. The Balaban J connectivity index is 2.04. The molecule has 3 rings (SSSR count). The fourth-order valence-corrected chi connectivity index (χ4v) is 2.55. The van der Waals surface area contributed by atoms with E-state index in [4.69, 9.17) is 0 Å². The first-order valence-corrected chi connectivity index (χ1v) is 4.93. The predicted octanol–water partition coefficient (Wildman–Crippen LogP) is 0.246. The Labute approximate surface area is 73.8 Å². The van der Waals surface area contributed by atoms with E-state index in [-0.39, 0.29) is 6.67 Å². The average molecular weight is 174 g/mol. The maximum absolute atomic E-state index is 12.3. The summed E-state index contributed by atoms with van der Waals surface area (Å²) in [5.74, 6) is 0. The molecule has 0 saturated carbocycles. The second kappa shape index (κ2) is 2.67. The molecule has 0 aromatic heterocycles. The first-order valence-electron chi connectivity index (χ1n) is 4.93. The summed E-state index contributed by atoms with van der Waals surface area (Å²) >= 11 is 0. The molecule has 0 radical (unpaired) electrons. The summed E-state index contributed by atoms with van der Waals surface area (Å²) in [7, 11) is 2.34. The van der Waals surface area contributed by atoms with Gasteiger partial charge in [0.2, 0.25) is 0 Å². The Morgan fingerprint density at radius 3 is 1.92 bits per heavy atom. The fraction of sp³-hybridized carbons (Fsp3) is 1.00. The number of piperazine rings is 3. The average Bonchev–Trinajstić information content (AvgIpc) is 2.08. The molecule has 12 heavy (non-hydrogen) atoms. The Morgan fingerprint density at radius 2 is 1.50 bits per heavy atom. The van der Waals surface area contributed by atoms with E-state index in [0.29, 0.717) is 0 Å². The van der Waals surface area contributed by atoms with Crippen molar-refractivity contribution in [1.82, 2.24) is 0 Å². The van der Waals surface area contributed by atoms with Crippen LogP contribution in [-0.4, -0.2) is 68.5 Å². The standard InChI is InChI=1S/C9H19FN2/c1-11-4-7-12(3-2-10,8-5-11)9-6-11/h2-9H2,1H3/q+2. The van der Waals surface area contributed by atoms with Gasteiger partial charge in [-0.1, -0.05) is 0 Å². The van der Waals surface area contributed by atoms with Gasteiger partial charge in [0, 0.05) is 0 Å². The van der Waals surface area contributed by atoms with E-state index in [1.807, 2.05) is 0 Å². The zero-order valence-corrected chi connectivity index (χ0v) is 7.93. The molecule has 3 heterocycles. The van der Waals surface area contributed by atoms with Crippen molar-refractivity contribution in [3.8, 4) is 0 Å². The largest absolute Gasteiger partial charge is 0.312 e. The van der Waals surface area contributed by atoms with Crippen LogP contribution in [0.1, 0.15) is 0 Å². The van der Waals surface area contributed by atoms with Crippen molar-refractivity contribution >= 4 is 0 Å². The van der Waals surface area contributed by atoms with Gasteiger partial charge in [0.05, 0.1) is 7.05 Å². The van der Waals surface area contributed by atoms with Crippen molar-refractivity contribution < 1.29 is 13.4 Å². The number of rotatable bonds is 2. The van der Waals surface area contributed by atoms with Gasteiger partial charge >= 0.3 is 0 Å². The van der Waals surface area contributed by atoms with Crippen LogP contribution in [0.25, 0.3) is 0 Å². The van der Waals surface area contributed by atoms with Crippen LogP contribution in [0, 0.1) is 0 Å². The minimum Gasteiger partial charge on any atom is -0.312 e. The molecule has 2 bridgehead atoms. The molecule has 0 unspecified atom stereocenters. The van der Waals surface area contributed by atoms with Crippen LogP contribution < -0.4 is 0 Å². The van der Waals surface area contributed by atoms with Crippen molar-refractivity contribution in [1.29, 1.82) is 0 Å². The molecule has 0 N–H and O–H groups in total. The highest BCUT2D eigenvalue weighted by Gasteiger charge is 2.46. The maximum Gasteiger partial charge on any atom is 0.138 e. The molecular formula is C9H19FN2+2. The van der Waals surface area contributed by atoms with Gasteiger partial charge < -0.3 is 8.97 Å². The van der Waals surface area contributed by atoms with Crippen LogP contribution >= 0.6 is 0 Å². The molecule has 0 spiro atoms. The van der Waals surface area contributed by atoms with Gasteiger partial charge in [-0.15, -0.1) is 0 Å². The summed E-state index contributed by atoms with van der Waals surface area (Å²) in [6.07, 6.45) is 0. The summed E-state index contributed by atoms with van der Waals surface area (Å²) in [6, 6.07) is 0. The zero-order valence-electron chi connectivity index (χ0n) is 7.93. The Bertz CT molecular complexity index is 157. The van der Waals surface area contributed by atoms with Gasteiger partial charge in [0.1, 0.15) is 52.5 Å². The van der Waals surface area contributed by atoms with E-state index in [2.05, 4.69) is 7.05 Å². The number of alkyl halides is 1. The van der Waals surface area contributed by atoms with Gasteiger partial charge in [0.15, 0.2) is 0 Å². The normalized spacial score (nSPS) is 46.5. The number of halogens is 1. The Hall–Kier alpha value is -0.150. The van der Waals surface area contributed by atoms with Crippen LogP contribution in [0.15, 0.2) is 0 Å². The first kappa shape index (κ1) is 8.45. The highest BCUT2D eigenvalue weighted by molar-refractivity contribution is 4.59. The topological polar surface area (TPSA) is 0 Å². The molecule has 0 atom stereocenters. The number of quaternary nitrogens is 2. The molecule has 3 aliphatic rings. The van der Waals surface area contributed by atoms with Crippen molar-refractivity contribution in [2.45, 2.75) is 0 Å². The van der Waals surface area contributed by atoms with Gasteiger partial charge in [-0.05, 0) is 0 Å². The van der Waals surface area contributed by atoms with Gasteiger partial charge in [-0.25, -0.2) is 4.39 Å². The number of likely N-dealkylation sites (N-methyl/N-ethyl adjacent to an activating group) is 1. The fourth-order valence-electron chi connectivity index (χ4n) is 2.55. The van der Waals surface area contributed by atoms with E-state index in [9.17, 15) is 4.39 Å². The third kappa shape index (κ3) is 1.25. The molecule has 0 aromatic carbocycles. The minimum atomic E-state index is -0.135. The SMILES string of the molecule is C[N+]12CC[N+](CCF)(CC1)CC2. The molecule has 0 aromatic rings. The molecule has 3 aliphatic heterocycles. The lowest BCUT2D eigenvalue weighted by molar-refractivity contribution is -1.07. The third-order valence-electron chi connectivity index (χ3n) is 3.90.